The van der Waals surface area contributed by atoms with Gasteiger partial charge in [-0.15, -0.1) is 0 Å². The number of hydrogen-bond donors (Lipinski definition) is 2. The molecule has 0 unspecified atom stereocenters. The molecule has 3 heteroatoms. The topological polar surface area (TPSA) is 53.6 Å². The van der Waals surface area contributed by atoms with E-state index in [2.05, 4.69) is 52.0 Å². The first-order chi connectivity index (χ1) is 14.2. The van der Waals surface area contributed by atoms with Gasteiger partial charge in [0.1, 0.15) is 17.3 Å². The number of aryl methyl sites for hydroxylation is 2. The molecule has 0 spiro atoms. The lowest BCUT2D eigenvalue weighted by atomic mass is 10.0. The maximum atomic E-state index is 10.1. The second kappa shape index (κ2) is 11.5. The van der Waals surface area contributed by atoms with E-state index in [0.29, 0.717) is 12.0 Å². The van der Waals surface area contributed by atoms with Crippen molar-refractivity contribution in [3.8, 4) is 11.5 Å². The molecule has 162 valence electrons. The molecule has 0 saturated heterocycles. The third-order valence-electron chi connectivity index (χ3n) is 5.34. The van der Waals surface area contributed by atoms with Crippen LogP contribution in [0.1, 0.15) is 68.9 Å². The van der Waals surface area contributed by atoms with E-state index in [4.69, 9.17) is 4.42 Å². The Kier molecular flexibility index (Phi) is 9.04. The maximum Gasteiger partial charge on any atom is 0.122 e. The van der Waals surface area contributed by atoms with E-state index in [1.54, 1.807) is 25.3 Å². The lowest BCUT2D eigenvalue weighted by Crippen LogP contribution is -1.88. The highest BCUT2D eigenvalue weighted by molar-refractivity contribution is 5.46. The Balaban J connectivity index is 1.74. The number of phenols is 2. The summed E-state index contributed by atoms with van der Waals surface area (Å²) in [6, 6.07) is 5.32. The van der Waals surface area contributed by atoms with Gasteiger partial charge >= 0.3 is 0 Å². The lowest BCUT2D eigenvalue weighted by Gasteiger charge is -2.07. The molecule has 0 atom stereocenters. The molecule has 1 aromatic carbocycles. The van der Waals surface area contributed by atoms with Crippen LogP contribution in [0.5, 0.6) is 11.5 Å². The summed E-state index contributed by atoms with van der Waals surface area (Å²) in [5, 5.41) is 19.8. The summed E-state index contributed by atoms with van der Waals surface area (Å²) in [6.45, 7) is 10.3. The van der Waals surface area contributed by atoms with Crippen molar-refractivity contribution in [3.05, 3.63) is 81.9 Å². The SMILES string of the molecule is CC(=CCCC(C)=CCc1cc(O)cc(C)c1O)CCC=C(C)Cc1cc(C)co1. The van der Waals surface area contributed by atoms with Crippen LogP contribution in [-0.4, -0.2) is 10.2 Å². The second-order valence-electron chi connectivity index (χ2n) is 8.47. The standard InChI is InChI=1S/C27H36O3/c1-19(9-7-11-21(3)14-26-15-22(4)18-30-26)8-6-10-20(2)12-13-24-17-25(28)16-23(5)27(24)29/h8,11-12,15-18,28-29H,6-7,9-10,13-14H2,1-5H3. The molecule has 2 aromatic rings. The number of allylic oxidation sites excluding steroid dienone is 6. The van der Waals surface area contributed by atoms with Gasteiger partial charge in [-0.3, -0.25) is 0 Å². The summed E-state index contributed by atoms with van der Waals surface area (Å²) in [4.78, 5) is 0. The van der Waals surface area contributed by atoms with E-state index in [1.165, 1.54) is 22.3 Å². The van der Waals surface area contributed by atoms with E-state index < -0.39 is 0 Å². The van der Waals surface area contributed by atoms with Crippen molar-refractivity contribution < 1.29 is 14.6 Å². The van der Waals surface area contributed by atoms with Crippen LogP contribution in [0.4, 0.5) is 0 Å². The fraction of sp³-hybridized carbons (Fsp3) is 0.407. The number of phenolic OH excluding ortho intramolecular Hbond substituents is 2. The van der Waals surface area contributed by atoms with Crippen molar-refractivity contribution in [3.63, 3.8) is 0 Å². The number of aromatic hydroxyl groups is 2. The molecule has 30 heavy (non-hydrogen) atoms. The summed E-state index contributed by atoms with van der Waals surface area (Å²) >= 11 is 0. The summed E-state index contributed by atoms with van der Waals surface area (Å²) < 4.78 is 5.52. The number of rotatable bonds is 10. The molecule has 1 aromatic heterocycles. The Bertz CT molecular complexity index is 926. The van der Waals surface area contributed by atoms with Gasteiger partial charge in [0.2, 0.25) is 0 Å². The molecule has 0 radical (unpaired) electrons. The summed E-state index contributed by atoms with van der Waals surface area (Å²) in [6.07, 6.45) is 14.3. The Morgan fingerprint density at radius 2 is 1.50 bits per heavy atom. The van der Waals surface area contributed by atoms with Crippen molar-refractivity contribution in [1.82, 2.24) is 0 Å². The largest absolute Gasteiger partial charge is 0.508 e. The number of hydrogen-bond acceptors (Lipinski definition) is 3. The lowest BCUT2D eigenvalue weighted by molar-refractivity contribution is 0.451. The van der Waals surface area contributed by atoms with Crippen LogP contribution in [0, 0.1) is 13.8 Å². The summed E-state index contributed by atoms with van der Waals surface area (Å²) in [5.41, 5.74) is 6.71. The average Bonchev–Trinajstić information content (AvgIpc) is 3.08. The molecule has 2 rings (SSSR count). The Hall–Kier alpha value is -2.68. The summed E-state index contributed by atoms with van der Waals surface area (Å²) in [7, 11) is 0. The zero-order valence-corrected chi connectivity index (χ0v) is 19.1. The van der Waals surface area contributed by atoms with Crippen molar-refractivity contribution in [1.29, 1.82) is 0 Å². The molecule has 3 nitrogen and oxygen atoms in total. The predicted molar refractivity (Wildman–Crippen MR) is 125 cm³/mol. The van der Waals surface area contributed by atoms with Crippen LogP contribution in [0.3, 0.4) is 0 Å². The summed E-state index contributed by atoms with van der Waals surface area (Å²) in [5.74, 6) is 1.51. The maximum absolute atomic E-state index is 10.1. The highest BCUT2D eigenvalue weighted by Crippen LogP contribution is 2.28. The molecule has 1 heterocycles. The van der Waals surface area contributed by atoms with E-state index in [-0.39, 0.29) is 11.5 Å². The normalized spacial score (nSPS) is 13.2. The van der Waals surface area contributed by atoms with Gasteiger partial charge < -0.3 is 14.6 Å². The average molecular weight is 409 g/mol. The predicted octanol–water partition coefficient (Wildman–Crippen LogP) is 7.49. The third-order valence-corrected chi connectivity index (χ3v) is 5.34. The highest BCUT2D eigenvalue weighted by atomic mass is 16.3. The molecular formula is C27H36O3. The minimum Gasteiger partial charge on any atom is -0.508 e. The van der Waals surface area contributed by atoms with Gasteiger partial charge in [-0.05, 0) is 96.0 Å². The zero-order valence-electron chi connectivity index (χ0n) is 19.1. The van der Waals surface area contributed by atoms with E-state index >= 15 is 0 Å². The van der Waals surface area contributed by atoms with Crippen LogP contribution in [0.2, 0.25) is 0 Å². The van der Waals surface area contributed by atoms with Crippen LogP contribution in [0.25, 0.3) is 0 Å². The first-order valence-corrected chi connectivity index (χ1v) is 10.8. The zero-order chi connectivity index (χ0) is 22.1. The van der Waals surface area contributed by atoms with Crippen LogP contribution < -0.4 is 0 Å². The van der Waals surface area contributed by atoms with E-state index in [0.717, 1.165) is 43.4 Å². The molecule has 0 aliphatic rings. The highest BCUT2D eigenvalue weighted by Gasteiger charge is 2.05. The van der Waals surface area contributed by atoms with Gasteiger partial charge in [0.25, 0.3) is 0 Å². The molecule has 0 amide bonds. The Labute approximate surface area is 181 Å². The minimum absolute atomic E-state index is 0.202. The molecule has 0 aliphatic heterocycles. The third kappa shape index (κ3) is 7.98. The van der Waals surface area contributed by atoms with Crippen molar-refractivity contribution in [2.24, 2.45) is 0 Å². The van der Waals surface area contributed by atoms with Crippen molar-refractivity contribution >= 4 is 0 Å². The molecular weight excluding hydrogens is 372 g/mol. The van der Waals surface area contributed by atoms with E-state index in [1.807, 2.05) is 0 Å². The molecule has 0 saturated carbocycles. The second-order valence-corrected chi connectivity index (χ2v) is 8.47. The van der Waals surface area contributed by atoms with Gasteiger partial charge in [0, 0.05) is 12.0 Å². The molecule has 0 bridgehead atoms. The monoisotopic (exact) mass is 408 g/mol. The van der Waals surface area contributed by atoms with Gasteiger partial charge in [-0.25, -0.2) is 0 Å². The Morgan fingerprint density at radius 3 is 2.13 bits per heavy atom. The fourth-order valence-corrected chi connectivity index (χ4v) is 3.50. The smallest absolute Gasteiger partial charge is 0.122 e. The van der Waals surface area contributed by atoms with Gasteiger partial charge in [-0.1, -0.05) is 34.9 Å². The Morgan fingerprint density at radius 1 is 0.867 bits per heavy atom. The first kappa shape index (κ1) is 23.6. The van der Waals surface area contributed by atoms with Crippen molar-refractivity contribution in [2.45, 2.75) is 73.1 Å². The van der Waals surface area contributed by atoms with Crippen LogP contribution in [0.15, 0.2) is 63.8 Å². The number of furan rings is 1. The quantitative estimate of drug-likeness (QED) is 0.316. The minimum atomic E-state index is 0.202. The van der Waals surface area contributed by atoms with Gasteiger partial charge in [0.15, 0.2) is 0 Å². The van der Waals surface area contributed by atoms with Gasteiger partial charge in [0.05, 0.1) is 6.26 Å². The van der Waals surface area contributed by atoms with Crippen LogP contribution >= 0.6 is 0 Å². The number of benzene rings is 1. The van der Waals surface area contributed by atoms with Crippen LogP contribution in [-0.2, 0) is 12.8 Å². The molecule has 0 fully saturated rings. The van der Waals surface area contributed by atoms with Crippen molar-refractivity contribution in [2.75, 3.05) is 0 Å². The first-order valence-electron chi connectivity index (χ1n) is 10.8. The van der Waals surface area contributed by atoms with Gasteiger partial charge in [-0.2, -0.15) is 0 Å². The molecule has 2 N–H and O–H groups in total. The molecule has 0 aliphatic carbocycles. The van der Waals surface area contributed by atoms with E-state index in [9.17, 15) is 10.2 Å². The fourth-order valence-electron chi connectivity index (χ4n) is 3.50.